The molecule has 0 aliphatic heterocycles. The Morgan fingerprint density at radius 3 is 1.33 bits per heavy atom. The van der Waals surface area contributed by atoms with Gasteiger partial charge in [-0.15, -0.1) is 0 Å². The van der Waals surface area contributed by atoms with E-state index in [4.69, 9.17) is 0 Å². The summed E-state index contributed by atoms with van der Waals surface area (Å²) in [6, 6.07) is 0. The first-order valence-corrected chi connectivity index (χ1v) is 5.19. The summed E-state index contributed by atoms with van der Waals surface area (Å²) < 4.78 is 0. The average molecular weight is 166 g/mol. The molecule has 0 amide bonds. The van der Waals surface area contributed by atoms with Crippen LogP contribution in [-0.4, -0.2) is 14.0 Å². The maximum atomic E-state index is 2.36. The predicted molar refractivity (Wildman–Crippen MR) is 63.0 cm³/mol. The van der Waals surface area contributed by atoms with Crippen molar-refractivity contribution in [2.45, 2.75) is 65.2 Å². The Bertz CT molecular complexity index is 114. The zero-order chi connectivity index (χ0) is 9.99. The second-order valence-electron chi connectivity index (χ2n) is 6.07. The third-order valence-corrected chi connectivity index (χ3v) is 2.67. The molecular formula is C10H24B2. The summed E-state index contributed by atoms with van der Waals surface area (Å²) in [5, 5.41) is 0.905. The smallest absolute Gasteiger partial charge is 0.0974 e. The summed E-state index contributed by atoms with van der Waals surface area (Å²) in [7, 11) is 1.30. The molecule has 0 nitrogen and oxygen atoms in total. The highest BCUT2D eigenvalue weighted by Gasteiger charge is 2.36. The SMILES string of the molecule is CBCB(C(C)(C)C)C(C)(C)C. The van der Waals surface area contributed by atoms with Crippen LogP contribution in [0.25, 0.3) is 0 Å². The van der Waals surface area contributed by atoms with Crippen LogP contribution in [0, 0.1) is 0 Å². The van der Waals surface area contributed by atoms with Gasteiger partial charge in [0.15, 0.2) is 0 Å². The van der Waals surface area contributed by atoms with Crippen LogP contribution in [0.5, 0.6) is 0 Å². The largest absolute Gasteiger partial charge is 0.143 e. The van der Waals surface area contributed by atoms with Crippen molar-refractivity contribution in [3.8, 4) is 0 Å². The highest BCUT2D eigenvalue weighted by Crippen LogP contribution is 2.43. The Kier molecular flexibility index (Phi) is 3.93. The fraction of sp³-hybridized carbons (Fsp3) is 1.00. The quantitative estimate of drug-likeness (QED) is 0.550. The van der Waals surface area contributed by atoms with Gasteiger partial charge >= 0.3 is 0 Å². The molecule has 0 spiro atoms. The molecule has 0 aromatic rings. The van der Waals surface area contributed by atoms with Crippen molar-refractivity contribution in [2.75, 3.05) is 0 Å². The molecule has 0 heterocycles. The van der Waals surface area contributed by atoms with Crippen molar-refractivity contribution in [3.05, 3.63) is 0 Å². The van der Waals surface area contributed by atoms with Crippen LogP contribution < -0.4 is 0 Å². The Morgan fingerprint density at radius 2 is 1.25 bits per heavy atom. The first-order valence-electron chi connectivity index (χ1n) is 5.19. The highest BCUT2D eigenvalue weighted by molar-refractivity contribution is 6.73. The molecule has 0 aromatic carbocycles. The molecule has 2 heteroatoms. The summed E-state index contributed by atoms with van der Waals surface area (Å²) in [5.41, 5.74) is 0. The van der Waals surface area contributed by atoms with Crippen LogP contribution in [0.4, 0.5) is 0 Å². The van der Waals surface area contributed by atoms with Crippen molar-refractivity contribution in [1.29, 1.82) is 0 Å². The van der Waals surface area contributed by atoms with E-state index in [0.717, 1.165) is 6.71 Å². The molecule has 0 saturated heterocycles. The van der Waals surface area contributed by atoms with Gasteiger partial charge in [-0.1, -0.05) is 65.2 Å². The molecule has 70 valence electrons. The molecule has 0 N–H and O–H groups in total. The number of rotatable bonds is 2. The van der Waals surface area contributed by atoms with Crippen molar-refractivity contribution < 1.29 is 0 Å². The van der Waals surface area contributed by atoms with Crippen LogP contribution in [0.15, 0.2) is 0 Å². The normalized spacial score (nSPS) is 12.9. The van der Waals surface area contributed by atoms with E-state index in [1.165, 1.54) is 13.5 Å². The lowest BCUT2D eigenvalue weighted by molar-refractivity contribution is 0.644. The molecule has 0 saturated carbocycles. The monoisotopic (exact) mass is 166 g/mol. The minimum atomic E-state index is 0.453. The van der Waals surface area contributed by atoms with Gasteiger partial charge in [-0.3, -0.25) is 0 Å². The van der Waals surface area contributed by atoms with Crippen LogP contribution in [-0.2, 0) is 0 Å². The molecule has 0 unspecified atom stereocenters. The standard InChI is InChI=1S/C10H24B2/c1-9(2,3)12(8-11-7)10(4,5)6/h11H,8H2,1-7H3. The zero-order valence-electron chi connectivity index (χ0n) is 9.99. The average Bonchev–Trinajstić information content (AvgIpc) is 1.77. The lowest BCUT2D eigenvalue weighted by atomic mass is 9.19. The number of hydrogen-bond donors (Lipinski definition) is 0. The summed E-state index contributed by atoms with van der Waals surface area (Å²) in [6.45, 7) is 17.3. The van der Waals surface area contributed by atoms with Gasteiger partial charge in [0, 0.05) is 0 Å². The molecule has 0 aromatic heterocycles. The van der Waals surface area contributed by atoms with Crippen LogP contribution in [0.3, 0.4) is 0 Å². The molecule has 0 aliphatic rings. The summed E-state index contributed by atoms with van der Waals surface area (Å²) in [4.78, 5) is 0. The topological polar surface area (TPSA) is 0 Å². The molecule has 0 bridgehead atoms. The maximum Gasteiger partial charge on any atom is 0.143 e. The summed E-state index contributed by atoms with van der Waals surface area (Å²) >= 11 is 0. The Balaban J connectivity index is 4.45. The minimum absolute atomic E-state index is 0.453. The van der Waals surface area contributed by atoms with Gasteiger partial charge in [-0.25, -0.2) is 0 Å². The first-order chi connectivity index (χ1) is 5.19. The van der Waals surface area contributed by atoms with Crippen LogP contribution in [0.2, 0.25) is 23.7 Å². The van der Waals surface area contributed by atoms with Gasteiger partial charge in [-0.2, -0.15) is 0 Å². The molecular weight excluding hydrogens is 142 g/mol. The van der Waals surface area contributed by atoms with Gasteiger partial charge in [0.2, 0.25) is 0 Å². The van der Waals surface area contributed by atoms with E-state index < -0.39 is 0 Å². The summed E-state index contributed by atoms with van der Waals surface area (Å²) in [6.07, 6.45) is 1.35. The third kappa shape index (κ3) is 3.69. The Labute approximate surface area is 79.8 Å². The molecule has 0 aliphatic carbocycles. The van der Waals surface area contributed by atoms with Gasteiger partial charge in [0.05, 0.1) is 0 Å². The van der Waals surface area contributed by atoms with Crippen molar-refractivity contribution in [2.24, 2.45) is 0 Å². The van der Waals surface area contributed by atoms with E-state index in [-0.39, 0.29) is 0 Å². The van der Waals surface area contributed by atoms with Gasteiger partial charge in [-0.05, 0) is 0 Å². The Morgan fingerprint density at radius 1 is 0.917 bits per heavy atom. The highest BCUT2D eigenvalue weighted by atomic mass is 14.1. The minimum Gasteiger partial charge on any atom is -0.0974 e. The third-order valence-electron chi connectivity index (χ3n) is 2.67. The van der Waals surface area contributed by atoms with E-state index in [1.807, 2.05) is 0 Å². The molecule has 0 radical (unpaired) electrons. The van der Waals surface area contributed by atoms with Crippen LogP contribution >= 0.6 is 0 Å². The van der Waals surface area contributed by atoms with Crippen molar-refractivity contribution >= 4 is 14.0 Å². The van der Waals surface area contributed by atoms with Crippen molar-refractivity contribution in [1.82, 2.24) is 0 Å². The molecule has 12 heavy (non-hydrogen) atoms. The summed E-state index contributed by atoms with van der Waals surface area (Å²) in [5.74, 6) is 0. The second kappa shape index (κ2) is 3.89. The molecule has 0 fully saturated rings. The Hall–Kier alpha value is 0.130. The van der Waals surface area contributed by atoms with Gasteiger partial charge in [0.25, 0.3) is 0 Å². The lowest BCUT2D eigenvalue weighted by Crippen LogP contribution is -2.35. The van der Waals surface area contributed by atoms with Gasteiger partial charge < -0.3 is 0 Å². The zero-order valence-corrected chi connectivity index (χ0v) is 9.99. The van der Waals surface area contributed by atoms with E-state index in [9.17, 15) is 0 Å². The predicted octanol–water partition coefficient (Wildman–Crippen LogP) is 3.52. The maximum absolute atomic E-state index is 2.36. The van der Waals surface area contributed by atoms with Crippen LogP contribution in [0.1, 0.15) is 41.5 Å². The fourth-order valence-electron chi connectivity index (χ4n) is 2.45. The van der Waals surface area contributed by atoms with E-state index in [1.54, 1.807) is 0 Å². The molecule has 0 rings (SSSR count). The van der Waals surface area contributed by atoms with E-state index in [0.29, 0.717) is 10.6 Å². The fourth-order valence-corrected chi connectivity index (χ4v) is 2.45. The van der Waals surface area contributed by atoms with Gasteiger partial charge in [0.1, 0.15) is 14.0 Å². The van der Waals surface area contributed by atoms with E-state index in [2.05, 4.69) is 48.4 Å². The first kappa shape index (κ1) is 12.1. The molecule has 0 atom stereocenters. The second-order valence-corrected chi connectivity index (χ2v) is 6.07. The lowest BCUT2D eigenvalue weighted by Gasteiger charge is -2.38. The number of hydrogen-bond acceptors (Lipinski definition) is 0. The van der Waals surface area contributed by atoms with Crippen molar-refractivity contribution in [3.63, 3.8) is 0 Å². The van der Waals surface area contributed by atoms with E-state index >= 15 is 0 Å².